The quantitative estimate of drug-likeness (QED) is 0.301. The van der Waals surface area contributed by atoms with E-state index in [1.165, 1.54) is 23.1 Å². The van der Waals surface area contributed by atoms with Crippen LogP contribution in [0.25, 0.3) is 0 Å². The molecule has 0 spiro atoms. The molecule has 2 saturated heterocycles. The number of nitriles is 1. The average molecular weight is 464 g/mol. The van der Waals surface area contributed by atoms with Crippen LogP contribution in [-0.2, 0) is 22.3 Å². The third-order valence-corrected chi connectivity index (χ3v) is 5.78. The number of aliphatic imine (C=N–C) groups is 1. The van der Waals surface area contributed by atoms with E-state index in [0.717, 1.165) is 25.3 Å². The van der Waals surface area contributed by atoms with Crippen LogP contribution < -0.4 is 10.6 Å². The van der Waals surface area contributed by atoms with E-state index in [0.29, 0.717) is 32.5 Å². The van der Waals surface area contributed by atoms with Gasteiger partial charge in [-0.25, -0.2) is 4.99 Å². The summed E-state index contributed by atoms with van der Waals surface area (Å²) in [4.78, 5) is 32.9. The summed E-state index contributed by atoms with van der Waals surface area (Å²) in [6, 6.07) is 4.33. The lowest BCUT2D eigenvalue weighted by molar-refractivity contribution is -0.140. The van der Waals surface area contributed by atoms with Gasteiger partial charge >= 0.3 is 6.18 Å². The minimum absolute atomic E-state index is 0.00583. The standard InChI is InChI=1S/C22H27F3N6O2/c23-22(24,25)17-8-2-1-7-16(17)13-27-21(28-15-26)29-18-9-3-4-12-31(20(18)33)14-19(32)30-10-5-6-11-30/h1-2,7-8,18H,3-6,9-14H2,(H2,27,28,29). The van der Waals surface area contributed by atoms with Crippen LogP contribution in [0.5, 0.6) is 0 Å². The number of carbonyl (C=O) groups excluding carboxylic acids is 2. The summed E-state index contributed by atoms with van der Waals surface area (Å²) in [6.45, 7) is 1.52. The number of halogens is 3. The zero-order chi connectivity index (χ0) is 23.8. The van der Waals surface area contributed by atoms with Gasteiger partial charge in [-0.1, -0.05) is 18.2 Å². The van der Waals surface area contributed by atoms with Crippen LogP contribution in [0.4, 0.5) is 13.2 Å². The van der Waals surface area contributed by atoms with E-state index >= 15 is 0 Å². The Labute approximate surface area is 190 Å². The number of guanidine groups is 1. The molecule has 2 heterocycles. The first-order valence-corrected chi connectivity index (χ1v) is 11.0. The summed E-state index contributed by atoms with van der Waals surface area (Å²) in [5.74, 6) is -0.460. The van der Waals surface area contributed by atoms with E-state index in [2.05, 4.69) is 15.6 Å². The van der Waals surface area contributed by atoms with Crippen molar-refractivity contribution in [3.8, 4) is 6.19 Å². The molecule has 8 nitrogen and oxygen atoms in total. The number of nitrogens with one attached hydrogen (secondary N) is 2. The number of likely N-dealkylation sites (tertiary alicyclic amines) is 2. The van der Waals surface area contributed by atoms with E-state index in [9.17, 15) is 22.8 Å². The topological polar surface area (TPSA) is 101 Å². The van der Waals surface area contributed by atoms with Gasteiger partial charge in [-0.3, -0.25) is 14.9 Å². The second-order valence-electron chi connectivity index (χ2n) is 8.10. The van der Waals surface area contributed by atoms with Crippen LogP contribution in [0.15, 0.2) is 29.3 Å². The van der Waals surface area contributed by atoms with E-state index in [-0.39, 0.29) is 36.4 Å². The minimum atomic E-state index is -4.53. The van der Waals surface area contributed by atoms with Gasteiger partial charge in [0, 0.05) is 19.6 Å². The normalized spacial score (nSPS) is 19.8. The van der Waals surface area contributed by atoms with Crippen LogP contribution in [0.2, 0.25) is 0 Å². The molecule has 2 amide bonds. The predicted molar refractivity (Wildman–Crippen MR) is 115 cm³/mol. The molecule has 2 aliphatic heterocycles. The highest BCUT2D eigenvalue weighted by atomic mass is 19.4. The maximum absolute atomic E-state index is 13.2. The van der Waals surface area contributed by atoms with Crippen molar-refractivity contribution < 1.29 is 22.8 Å². The summed E-state index contributed by atoms with van der Waals surface area (Å²) < 4.78 is 39.7. The molecule has 11 heteroatoms. The van der Waals surface area contributed by atoms with Crippen molar-refractivity contribution in [2.75, 3.05) is 26.2 Å². The van der Waals surface area contributed by atoms with Crippen LogP contribution >= 0.6 is 0 Å². The maximum Gasteiger partial charge on any atom is 0.416 e. The number of carbonyl (C=O) groups is 2. The Bertz CT molecular complexity index is 921. The second-order valence-corrected chi connectivity index (χ2v) is 8.10. The molecule has 1 atom stereocenters. The molecular formula is C22H27F3N6O2. The van der Waals surface area contributed by atoms with E-state index in [1.807, 2.05) is 0 Å². The average Bonchev–Trinajstić information content (AvgIpc) is 3.27. The highest BCUT2D eigenvalue weighted by Gasteiger charge is 2.33. The maximum atomic E-state index is 13.2. The van der Waals surface area contributed by atoms with Gasteiger partial charge in [0.1, 0.15) is 6.04 Å². The van der Waals surface area contributed by atoms with Gasteiger partial charge in [0.2, 0.25) is 17.8 Å². The highest BCUT2D eigenvalue weighted by molar-refractivity contribution is 5.92. The van der Waals surface area contributed by atoms with Crippen LogP contribution in [-0.4, -0.2) is 59.8 Å². The third-order valence-electron chi connectivity index (χ3n) is 5.78. The lowest BCUT2D eigenvalue weighted by atomic mass is 10.1. The van der Waals surface area contributed by atoms with E-state index < -0.39 is 17.8 Å². The molecule has 0 aromatic heterocycles. The summed E-state index contributed by atoms with van der Waals surface area (Å²) in [5.41, 5.74) is -0.851. The Morgan fingerprint density at radius 3 is 2.55 bits per heavy atom. The van der Waals surface area contributed by atoms with Gasteiger partial charge < -0.3 is 15.1 Å². The van der Waals surface area contributed by atoms with Crippen molar-refractivity contribution in [2.45, 2.75) is 50.9 Å². The first-order valence-electron chi connectivity index (χ1n) is 11.0. The fourth-order valence-electron chi connectivity index (χ4n) is 4.06. The number of benzene rings is 1. The first kappa shape index (κ1) is 24.4. The van der Waals surface area contributed by atoms with Crippen molar-refractivity contribution in [2.24, 2.45) is 4.99 Å². The van der Waals surface area contributed by atoms with Gasteiger partial charge in [0.05, 0.1) is 18.7 Å². The van der Waals surface area contributed by atoms with Crippen molar-refractivity contribution in [3.05, 3.63) is 35.4 Å². The molecule has 178 valence electrons. The van der Waals surface area contributed by atoms with Crippen LogP contribution in [0, 0.1) is 11.5 Å². The molecule has 33 heavy (non-hydrogen) atoms. The number of hydrogen-bond donors (Lipinski definition) is 2. The molecule has 3 rings (SSSR count). The molecule has 1 aromatic rings. The van der Waals surface area contributed by atoms with E-state index in [1.54, 1.807) is 11.1 Å². The third kappa shape index (κ3) is 6.60. The Balaban J connectivity index is 1.70. The summed E-state index contributed by atoms with van der Waals surface area (Å²) in [5, 5.41) is 14.2. The second kappa shape index (κ2) is 11.0. The number of nitrogens with zero attached hydrogens (tertiary/aromatic N) is 4. The van der Waals surface area contributed by atoms with Crippen molar-refractivity contribution in [1.29, 1.82) is 5.26 Å². The zero-order valence-electron chi connectivity index (χ0n) is 18.2. The lowest BCUT2D eigenvalue weighted by Gasteiger charge is -2.27. The highest BCUT2D eigenvalue weighted by Crippen LogP contribution is 2.32. The predicted octanol–water partition coefficient (Wildman–Crippen LogP) is 2.23. The Morgan fingerprint density at radius 2 is 1.85 bits per heavy atom. The van der Waals surface area contributed by atoms with Gasteiger partial charge in [0.15, 0.2) is 6.19 Å². The zero-order valence-corrected chi connectivity index (χ0v) is 18.2. The summed E-state index contributed by atoms with van der Waals surface area (Å²) in [6.07, 6.45) is 0.995. The molecule has 0 bridgehead atoms. The fourth-order valence-corrected chi connectivity index (χ4v) is 4.06. The fraction of sp³-hybridized carbons (Fsp3) is 0.545. The first-order chi connectivity index (χ1) is 15.8. The number of hydrogen-bond acceptors (Lipinski definition) is 4. The molecule has 1 aromatic carbocycles. The van der Waals surface area contributed by atoms with Gasteiger partial charge in [-0.15, -0.1) is 0 Å². The number of amides is 2. The van der Waals surface area contributed by atoms with E-state index in [4.69, 9.17) is 5.26 Å². The summed E-state index contributed by atoms with van der Waals surface area (Å²) >= 11 is 0. The smallest absolute Gasteiger partial charge is 0.344 e. The number of alkyl halides is 3. The van der Waals surface area contributed by atoms with Crippen molar-refractivity contribution in [1.82, 2.24) is 20.4 Å². The lowest BCUT2D eigenvalue weighted by Crippen LogP contribution is -2.52. The SMILES string of the molecule is N#CNC(=NCc1ccccc1C(F)(F)F)NC1CCCCN(CC(=O)N2CCCC2)C1=O. The molecule has 1 unspecified atom stereocenters. The molecule has 0 aliphatic carbocycles. The van der Waals surface area contributed by atoms with Crippen molar-refractivity contribution >= 4 is 17.8 Å². The molecule has 2 fully saturated rings. The Kier molecular flexibility index (Phi) is 8.14. The van der Waals surface area contributed by atoms with Gasteiger partial charge in [-0.2, -0.15) is 18.4 Å². The summed E-state index contributed by atoms with van der Waals surface area (Å²) in [7, 11) is 0. The van der Waals surface area contributed by atoms with Crippen molar-refractivity contribution in [3.63, 3.8) is 0 Å². The molecule has 0 radical (unpaired) electrons. The molecule has 0 saturated carbocycles. The Hall–Kier alpha value is -3.29. The Morgan fingerprint density at radius 1 is 1.15 bits per heavy atom. The largest absolute Gasteiger partial charge is 0.416 e. The monoisotopic (exact) mass is 464 g/mol. The van der Waals surface area contributed by atoms with Gasteiger partial charge in [-0.05, 0) is 43.7 Å². The molecule has 2 aliphatic rings. The van der Waals surface area contributed by atoms with Crippen LogP contribution in [0.3, 0.4) is 0 Å². The van der Waals surface area contributed by atoms with Crippen LogP contribution in [0.1, 0.15) is 43.2 Å². The molecular weight excluding hydrogens is 437 g/mol. The number of rotatable bonds is 5. The molecule has 2 N–H and O–H groups in total. The van der Waals surface area contributed by atoms with Gasteiger partial charge in [0.25, 0.3) is 0 Å². The minimum Gasteiger partial charge on any atom is -0.344 e.